The van der Waals surface area contributed by atoms with Gasteiger partial charge in [-0.3, -0.25) is 4.79 Å². The zero-order valence-electron chi connectivity index (χ0n) is 10.9. The molecule has 0 heterocycles. The minimum Gasteiger partial charge on any atom is -0.352 e. The highest BCUT2D eigenvalue weighted by atomic mass is 79.9. The summed E-state index contributed by atoms with van der Waals surface area (Å²) in [4.78, 5) is 11.6. The van der Waals surface area contributed by atoms with Crippen LogP contribution < -0.4 is 11.1 Å². The third kappa shape index (κ3) is 6.95. The van der Waals surface area contributed by atoms with Crippen LogP contribution in [0.5, 0.6) is 0 Å². The molecule has 0 bridgehead atoms. The van der Waals surface area contributed by atoms with Crippen LogP contribution in [0.25, 0.3) is 0 Å². The summed E-state index contributed by atoms with van der Waals surface area (Å²) >= 11 is 9.43. The number of unbranched alkanes of at least 4 members (excludes halogenated alkanes) is 3. The lowest BCUT2D eigenvalue weighted by Gasteiger charge is -2.07. The highest BCUT2D eigenvalue weighted by Crippen LogP contribution is 2.21. The Labute approximate surface area is 128 Å². The van der Waals surface area contributed by atoms with Gasteiger partial charge in [0, 0.05) is 22.5 Å². The molecule has 1 rings (SSSR count). The van der Waals surface area contributed by atoms with E-state index in [2.05, 4.69) is 21.2 Å². The van der Waals surface area contributed by atoms with E-state index in [0.717, 1.165) is 42.3 Å². The average molecular weight is 348 g/mol. The molecule has 5 heteroatoms. The van der Waals surface area contributed by atoms with Crippen LogP contribution in [0, 0.1) is 0 Å². The molecule has 0 spiro atoms. The van der Waals surface area contributed by atoms with Crippen molar-refractivity contribution < 1.29 is 4.79 Å². The second kappa shape index (κ2) is 9.34. The standard InChI is InChI=1S/C14H20BrClN2O/c15-12-7-6-11(13(16)9-12)10-18-14(19)5-3-1-2-4-8-17/h6-7,9H,1-5,8,10,17H2,(H,18,19). The molecule has 0 atom stereocenters. The van der Waals surface area contributed by atoms with Gasteiger partial charge in [0.2, 0.25) is 5.91 Å². The quantitative estimate of drug-likeness (QED) is 0.706. The summed E-state index contributed by atoms with van der Waals surface area (Å²) in [5, 5.41) is 3.55. The van der Waals surface area contributed by atoms with Crippen molar-refractivity contribution in [1.29, 1.82) is 0 Å². The molecule has 0 radical (unpaired) electrons. The fourth-order valence-corrected chi connectivity index (χ4v) is 2.47. The number of carbonyl (C=O) groups excluding carboxylic acids is 1. The molecule has 19 heavy (non-hydrogen) atoms. The number of rotatable bonds is 8. The molecule has 0 aliphatic heterocycles. The number of hydrogen-bond donors (Lipinski definition) is 2. The van der Waals surface area contributed by atoms with E-state index in [1.165, 1.54) is 0 Å². The molecule has 0 fully saturated rings. The molecule has 0 unspecified atom stereocenters. The largest absolute Gasteiger partial charge is 0.352 e. The Morgan fingerprint density at radius 2 is 2.00 bits per heavy atom. The van der Waals surface area contributed by atoms with Crippen LogP contribution in [0.4, 0.5) is 0 Å². The second-order valence-electron chi connectivity index (χ2n) is 4.47. The highest BCUT2D eigenvalue weighted by Gasteiger charge is 2.04. The van der Waals surface area contributed by atoms with Crippen molar-refractivity contribution in [3.63, 3.8) is 0 Å². The number of amides is 1. The molecule has 0 aliphatic rings. The predicted molar refractivity (Wildman–Crippen MR) is 83.1 cm³/mol. The van der Waals surface area contributed by atoms with Crippen LogP contribution in [0.1, 0.15) is 37.7 Å². The van der Waals surface area contributed by atoms with Crippen LogP contribution >= 0.6 is 27.5 Å². The molecule has 106 valence electrons. The summed E-state index contributed by atoms with van der Waals surface area (Å²) in [5.74, 6) is 0.0757. The molecule has 1 amide bonds. The average Bonchev–Trinajstić information content (AvgIpc) is 2.37. The number of hydrogen-bond acceptors (Lipinski definition) is 2. The van der Waals surface area contributed by atoms with E-state index < -0.39 is 0 Å². The normalized spacial score (nSPS) is 10.5. The van der Waals surface area contributed by atoms with Crippen molar-refractivity contribution >= 4 is 33.4 Å². The zero-order chi connectivity index (χ0) is 14.1. The van der Waals surface area contributed by atoms with Gasteiger partial charge in [-0.05, 0) is 37.1 Å². The van der Waals surface area contributed by atoms with Crippen LogP contribution in [0.2, 0.25) is 5.02 Å². The number of nitrogens with two attached hydrogens (primary N) is 1. The monoisotopic (exact) mass is 346 g/mol. The maximum absolute atomic E-state index is 11.6. The maximum atomic E-state index is 11.6. The summed E-state index contributed by atoms with van der Waals surface area (Å²) in [6.45, 7) is 1.21. The third-order valence-corrected chi connectivity index (χ3v) is 3.69. The molecular formula is C14H20BrClN2O. The van der Waals surface area contributed by atoms with Crippen molar-refractivity contribution in [3.05, 3.63) is 33.3 Å². The van der Waals surface area contributed by atoms with Crippen molar-refractivity contribution in [2.24, 2.45) is 5.73 Å². The Balaban J connectivity index is 2.22. The van der Waals surface area contributed by atoms with E-state index in [4.69, 9.17) is 17.3 Å². The van der Waals surface area contributed by atoms with Crippen molar-refractivity contribution in [1.82, 2.24) is 5.32 Å². The Morgan fingerprint density at radius 3 is 2.68 bits per heavy atom. The molecular weight excluding hydrogens is 328 g/mol. The van der Waals surface area contributed by atoms with Crippen LogP contribution in [0.3, 0.4) is 0 Å². The van der Waals surface area contributed by atoms with Gasteiger partial charge < -0.3 is 11.1 Å². The maximum Gasteiger partial charge on any atom is 0.220 e. The summed E-state index contributed by atoms with van der Waals surface area (Å²) in [6, 6.07) is 5.66. The SMILES string of the molecule is NCCCCCCC(=O)NCc1ccc(Br)cc1Cl. The molecule has 3 nitrogen and oxygen atoms in total. The van der Waals surface area contributed by atoms with Gasteiger partial charge in [0.15, 0.2) is 0 Å². The van der Waals surface area contributed by atoms with Gasteiger partial charge in [0.05, 0.1) is 0 Å². The first kappa shape index (κ1) is 16.5. The lowest BCUT2D eigenvalue weighted by atomic mass is 10.1. The van der Waals surface area contributed by atoms with Gasteiger partial charge in [0.25, 0.3) is 0 Å². The van der Waals surface area contributed by atoms with E-state index in [9.17, 15) is 4.79 Å². The van der Waals surface area contributed by atoms with E-state index in [-0.39, 0.29) is 5.91 Å². The van der Waals surface area contributed by atoms with Crippen LogP contribution in [-0.4, -0.2) is 12.5 Å². The summed E-state index contributed by atoms with van der Waals surface area (Å²) < 4.78 is 0.937. The Morgan fingerprint density at radius 1 is 1.26 bits per heavy atom. The smallest absolute Gasteiger partial charge is 0.220 e. The van der Waals surface area contributed by atoms with E-state index in [0.29, 0.717) is 18.0 Å². The van der Waals surface area contributed by atoms with Gasteiger partial charge >= 0.3 is 0 Å². The lowest BCUT2D eigenvalue weighted by molar-refractivity contribution is -0.121. The molecule has 3 N–H and O–H groups in total. The fraction of sp³-hybridized carbons (Fsp3) is 0.500. The molecule has 0 aliphatic carbocycles. The Kier molecular flexibility index (Phi) is 8.10. The number of halogens is 2. The first-order valence-corrected chi connectivity index (χ1v) is 7.71. The van der Waals surface area contributed by atoms with Gasteiger partial charge in [-0.15, -0.1) is 0 Å². The first-order chi connectivity index (χ1) is 9.13. The highest BCUT2D eigenvalue weighted by molar-refractivity contribution is 9.10. The number of benzene rings is 1. The third-order valence-electron chi connectivity index (χ3n) is 2.85. The van der Waals surface area contributed by atoms with Gasteiger partial charge in [-0.1, -0.05) is 46.4 Å². The topological polar surface area (TPSA) is 55.1 Å². The van der Waals surface area contributed by atoms with E-state index >= 15 is 0 Å². The summed E-state index contributed by atoms with van der Waals surface area (Å²) in [6.07, 6.45) is 4.68. The molecule has 0 saturated carbocycles. The zero-order valence-corrected chi connectivity index (χ0v) is 13.3. The van der Waals surface area contributed by atoms with Crippen LogP contribution in [-0.2, 0) is 11.3 Å². The van der Waals surface area contributed by atoms with Gasteiger partial charge in [-0.25, -0.2) is 0 Å². The molecule has 0 aromatic heterocycles. The minimum atomic E-state index is 0.0757. The molecule has 1 aromatic rings. The molecule has 1 aromatic carbocycles. The summed E-state index contributed by atoms with van der Waals surface area (Å²) in [7, 11) is 0. The van der Waals surface area contributed by atoms with Crippen molar-refractivity contribution in [2.75, 3.05) is 6.54 Å². The Bertz CT molecular complexity index is 412. The summed E-state index contributed by atoms with van der Waals surface area (Å²) in [5.41, 5.74) is 6.34. The minimum absolute atomic E-state index is 0.0757. The second-order valence-corrected chi connectivity index (χ2v) is 5.79. The van der Waals surface area contributed by atoms with E-state index in [1.807, 2.05) is 18.2 Å². The van der Waals surface area contributed by atoms with Gasteiger partial charge in [0.1, 0.15) is 0 Å². The van der Waals surface area contributed by atoms with E-state index in [1.54, 1.807) is 0 Å². The number of carbonyl (C=O) groups is 1. The van der Waals surface area contributed by atoms with Gasteiger partial charge in [-0.2, -0.15) is 0 Å². The van der Waals surface area contributed by atoms with Crippen LogP contribution in [0.15, 0.2) is 22.7 Å². The van der Waals surface area contributed by atoms with Crippen molar-refractivity contribution in [3.8, 4) is 0 Å². The fourth-order valence-electron chi connectivity index (χ4n) is 1.73. The molecule has 0 saturated heterocycles. The Hall–Kier alpha value is -0.580. The van der Waals surface area contributed by atoms with Crippen molar-refractivity contribution in [2.45, 2.75) is 38.6 Å². The predicted octanol–water partition coefficient (Wildman–Crippen LogP) is 3.63. The lowest BCUT2D eigenvalue weighted by Crippen LogP contribution is -2.22. The first-order valence-electron chi connectivity index (χ1n) is 6.54. The number of nitrogens with one attached hydrogen (secondary N) is 1.